The van der Waals surface area contributed by atoms with Gasteiger partial charge in [0.2, 0.25) is 0 Å². The fourth-order valence-corrected chi connectivity index (χ4v) is 3.86. The Morgan fingerprint density at radius 3 is 2.68 bits per heavy atom. The van der Waals surface area contributed by atoms with E-state index in [1.165, 1.54) is 0 Å². The number of carbonyl (C=O) groups is 1. The number of nitrogens with one attached hydrogen (secondary N) is 1. The summed E-state index contributed by atoms with van der Waals surface area (Å²) in [4.78, 5) is 16.6. The van der Waals surface area contributed by atoms with Gasteiger partial charge in [-0.25, -0.2) is 0 Å². The number of carbonyl (C=O) groups excluding carboxylic acids is 1. The molecule has 1 aromatic heterocycles. The van der Waals surface area contributed by atoms with Crippen LogP contribution in [0.15, 0.2) is 30.3 Å². The number of hydrogen-bond donors (Lipinski definition) is 2. The zero-order chi connectivity index (χ0) is 17.9. The lowest BCUT2D eigenvalue weighted by Crippen LogP contribution is -2.30. The average molecular weight is 330 g/mol. The molecule has 1 aliphatic carbocycles. The van der Waals surface area contributed by atoms with Gasteiger partial charge in [0, 0.05) is 27.6 Å². The molecule has 4 heteroatoms. The van der Waals surface area contributed by atoms with E-state index in [0.29, 0.717) is 23.1 Å². The first kappa shape index (κ1) is 15.5. The second-order valence-corrected chi connectivity index (χ2v) is 7.08. The topological polar surface area (TPSA) is 76.9 Å². The number of nitrogens with zero attached hydrogens (tertiary/aromatic N) is 1. The summed E-state index contributed by atoms with van der Waals surface area (Å²) in [7, 11) is 0. The fourth-order valence-electron chi connectivity index (χ4n) is 3.86. The molecule has 0 unspecified atom stereocenters. The number of aromatic hydroxyl groups is 1. The summed E-state index contributed by atoms with van der Waals surface area (Å²) in [5, 5.41) is 20.2. The molecule has 4 nitrogen and oxygen atoms in total. The molecule has 124 valence electrons. The van der Waals surface area contributed by atoms with E-state index in [4.69, 9.17) is 5.26 Å². The predicted molar refractivity (Wildman–Crippen MR) is 96.1 cm³/mol. The lowest BCUT2D eigenvalue weighted by Gasteiger charge is -2.32. The van der Waals surface area contributed by atoms with Gasteiger partial charge in [-0.15, -0.1) is 0 Å². The first-order valence-corrected chi connectivity index (χ1v) is 8.35. The van der Waals surface area contributed by atoms with Crippen LogP contribution < -0.4 is 0 Å². The van der Waals surface area contributed by atoms with Gasteiger partial charge in [-0.1, -0.05) is 26.8 Å². The van der Waals surface area contributed by atoms with E-state index < -0.39 is 5.41 Å². The van der Waals surface area contributed by atoms with Crippen LogP contribution in [-0.4, -0.2) is 15.9 Å². The second-order valence-electron chi connectivity index (χ2n) is 7.08. The van der Waals surface area contributed by atoms with Crippen molar-refractivity contribution in [3.8, 4) is 11.8 Å². The zero-order valence-electron chi connectivity index (χ0n) is 14.4. The molecule has 0 saturated carbocycles. The third-order valence-corrected chi connectivity index (χ3v) is 5.30. The van der Waals surface area contributed by atoms with E-state index in [-0.39, 0.29) is 11.5 Å². The van der Waals surface area contributed by atoms with Crippen molar-refractivity contribution in [2.24, 2.45) is 0 Å². The van der Waals surface area contributed by atoms with Crippen molar-refractivity contribution >= 4 is 16.7 Å². The minimum Gasteiger partial charge on any atom is -0.508 e. The second kappa shape index (κ2) is 4.97. The van der Waals surface area contributed by atoms with Gasteiger partial charge in [-0.2, -0.15) is 5.26 Å². The molecule has 0 spiro atoms. The molecular formula is C21H18N2O2. The minimum atomic E-state index is -0.450. The zero-order valence-corrected chi connectivity index (χ0v) is 14.4. The number of fused-ring (bicyclic) bond motifs is 4. The maximum Gasteiger partial charge on any atom is 0.195 e. The largest absolute Gasteiger partial charge is 0.508 e. The van der Waals surface area contributed by atoms with Gasteiger partial charge in [0.25, 0.3) is 0 Å². The van der Waals surface area contributed by atoms with E-state index in [1.807, 2.05) is 32.9 Å². The normalized spacial score (nSPS) is 14.9. The Morgan fingerprint density at radius 2 is 2.00 bits per heavy atom. The minimum absolute atomic E-state index is 0.0324. The summed E-state index contributed by atoms with van der Waals surface area (Å²) in [6.07, 6.45) is 0.666. The summed E-state index contributed by atoms with van der Waals surface area (Å²) < 4.78 is 0. The molecule has 1 heterocycles. The highest BCUT2D eigenvalue weighted by atomic mass is 16.3. The number of aromatic nitrogens is 1. The molecule has 0 radical (unpaired) electrons. The van der Waals surface area contributed by atoms with Crippen LogP contribution in [0.4, 0.5) is 0 Å². The Morgan fingerprint density at radius 1 is 1.24 bits per heavy atom. The summed E-state index contributed by atoms with van der Waals surface area (Å²) in [5.74, 6) is 0.198. The van der Waals surface area contributed by atoms with Gasteiger partial charge >= 0.3 is 0 Å². The van der Waals surface area contributed by atoms with E-state index in [2.05, 4.69) is 11.1 Å². The maximum absolute atomic E-state index is 13.2. The van der Waals surface area contributed by atoms with Crippen LogP contribution >= 0.6 is 0 Å². The maximum atomic E-state index is 13.2. The number of ketones is 1. The van der Waals surface area contributed by atoms with Gasteiger partial charge in [0.05, 0.1) is 17.2 Å². The molecule has 0 bridgehead atoms. The van der Waals surface area contributed by atoms with Crippen LogP contribution in [0, 0.1) is 11.3 Å². The summed E-state index contributed by atoms with van der Waals surface area (Å²) >= 11 is 0. The van der Waals surface area contributed by atoms with Crippen LogP contribution in [0.5, 0.6) is 5.75 Å². The van der Waals surface area contributed by atoms with Gasteiger partial charge < -0.3 is 10.1 Å². The monoisotopic (exact) mass is 330 g/mol. The molecule has 2 aromatic carbocycles. The standard InChI is InChI=1S/C21H18N2O2/c1-4-12-8-14-15(9-17(12)24)21(2,3)20-18(19(14)25)13-6-5-11(10-22)7-16(13)23-20/h5-9,23-24H,4H2,1-3H3. The highest BCUT2D eigenvalue weighted by Crippen LogP contribution is 2.45. The lowest BCUT2D eigenvalue weighted by atomic mass is 9.70. The number of phenols is 1. The predicted octanol–water partition coefficient (Wildman–Crippen LogP) is 4.18. The molecule has 0 fully saturated rings. The number of nitriles is 1. The van der Waals surface area contributed by atoms with Crippen LogP contribution in [-0.2, 0) is 11.8 Å². The van der Waals surface area contributed by atoms with Crippen molar-refractivity contribution < 1.29 is 9.90 Å². The molecule has 1 aliphatic rings. The number of H-pyrrole nitrogens is 1. The van der Waals surface area contributed by atoms with Gasteiger partial charge in [0.15, 0.2) is 5.78 Å². The molecule has 2 N–H and O–H groups in total. The Kier molecular flexibility index (Phi) is 3.07. The third kappa shape index (κ3) is 1.96. The van der Waals surface area contributed by atoms with E-state index in [9.17, 15) is 9.90 Å². The van der Waals surface area contributed by atoms with Crippen LogP contribution in [0.1, 0.15) is 59.1 Å². The van der Waals surface area contributed by atoms with Crippen molar-refractivity contribution in [1.82, 2.24) is 4.98 Å². The van der Waals surface area contributed by atoms with E-state index in [1.54, 1.807) is 18.2 Å². The quantitative estimate of drug-likeness (QED) is 0.703. The fraction of sp³-hybridized carbons (Fsp3) is 0.238. The smallest absolute Gasteiger partial charge is 0.195 e. The number of aromatic amines is 1. The van der Waals surface area contributed by atoms with E-state index in [0.717, 1.165) is 27.7 Å². The highest BCUT2D eigenvalue weighted by molar-refractivity contribution is 6.20. The summed E-state index contributed by atoms with van der Waals surface area (Å²) in [6.45, 7) is 6.05. The Labute approximate surface area is 145 Å². The highest BCUT2D eigenvalue weighted by Gasteiger charge is 2.40. The number of rotatable bonds is 1. The first-order valence-electron chi connectivity index (χ1n) is 8.35. The lowest BCUT2D eigenvalue weighted by molar-refractivity contribution is 0.103. The number of aryl methyl sites for hydroxylation is 1. The molecule has 3 aromatic rings. The van der Waals surface area contributed by atoms with Crippen LogP contribution in [0.3, 0.4) is 0 Å². The Balaban J connectivity index is 2.07. The molecule has 4 rings (SSSR count). The van der Waals surface area contributed by atoms with Crippen molar-refractivity contribution in [3.05, 3.63) is 63.8 Å². The molecule has 0 amide bonds. The van der Waals surface area contributed by atoms with Crippen molar-refractivity contribution in [2.45, 2.75) is 32.6 Å². The van der Waals surface area contributed by atoms with Gasteiger partial charge in [-0.3, -0.25) is 4.79 Å². The van der Waals surface area contributed by atoms with Crippen molar-refractivity contribution in [2.75, 3.05) is 0 Å². The van der Waals surface area contributed by atoms with Crippen molar-refractivity contribution in [3.63, 3.8) is 0 Å². The third-order valence-electron chi connectivity index (χ3n) is 5.30. The molecule has 0 saturated heterocycles. The summed E-state index contributed by atoms with van der Waals surface area (Å²) in [5.41, 5.74) is 4.65. The number of benzene rings is 2. The van der Waals surface area contributed by atoms with Crippen LogP contribution in [0.2, 0.25) is 0 Å². The Bertz CT molecular complexity index is 1100. The molecule has 0 aliphatic heterocycles. The van der Waals surface area contributed by atoms with Gasteiger partial charge in [0.1, 0.15) is 5.75 Å². The average Bonchev–Trinajstić information content (AvgIpc) is 2.99. The van der Waals surface area contributed by atoms with Gasteiger partial charge in [-0.05, 0) is 41.8 Å². The SMILES string of the molecule is CCc1cc2c(cc1O)C(C)(C)c1[nH]c3cc(C#N)ccc3c1C2=O. The van der Waals surface area contributed by atoms with E-state index >= 15 is 0 Å². The molecule has 0 atom stereocenters. The first-order chi connectivity index (χ1) is 11.9. The number of phenolic OH excluding ortho intramolecular Hbond substituents is 1. The van der Waals surface area contributed by atoms with Crippen LogP contribution in [0.25, 0.3) is 10.9 Å². The number of hydrogen-bond acceptors (Lipinski definition) is 3. The van der Waals surface area contributed by atoms with Crippen molar-refractivity contribution in [1.29, 1.82) is 5.26 Å². The molecule has 25 heavy (non-hydrogen) atoms. The summed E-state index contributed by atoms with van der Waals surface area (Å²) in [6, 6.07) is 11.0. The molecular weight excluding hydrogens is 312 g/mol. The Hall–Kier alpha value is -3.06.